The third-order valence-electron chi connectivity index (χ3n) is 5.21. The monoisotopic (exact) mass is 432 g/mol. The summed E-state index contributed by atoms with van der Waals surface area (Å²) >= 11 is 0. The highest BCUT2D eigenvalue weighted by Crippen LogP contribution is 2.18. The van der Waals surface area contributed by atoms with Crippen molar-refractivity contribution in [3.8, 4) is 5.75 Å². The number of rotatable bonds is 9. The number of likely N-dealkylation sites (tertiary alicyclic amines) is 1. The summed E-state index contributed by atoms with van der Waals surface area (Å²) in [4.78, 5) is 32.6. The molecule has 0 N–H and O–H groups in total. The molecule has 1 unspecified atom stereocenters. The fourth-order valence-electron chi connectivity index (χ4n) is 3.63. The van der Waals surface area contributed by atoms with Crippen molar-refractivity contribution in [3.63, 3.8) is 0 Å². The van der Waals surface area contributed by atoms with Gasteiger partial charge in [0.1, 0.15) is 11.6 Å². The number of ether oxygens (including phenoxy) is 1. The number of aromatic nitrogens is 2. The van der Waals surface area contributed by atoms with Gasteiger partial charge in [0, 0.05) is 39.4 Å². The average Bonchev–Trinajstić information content (AvgIpc) is 3.37. The van der Waals surface area contributed by atoms with Crippen molar-refractivity contribution < 1.29 is 23.2 Å². The molecule has 2 aromatic rings. The Morgan fingerprint density at radius 3 is 2.74 bits per heavy atom. The minimum Gasteiger partial charge on any atom is -0.484 e. The van der Waals surface area contributed by atoms with Gasteiger partial charge >= 0.3 is 0 Å². The van der Waals surface area contributed by atoms with E-state index in [4.69, 9.17) is 9.26 Å². The van der Waals surface area contributed by atoms with Gasteiger partial charge < -0.3 is 19.1 Å². The number of carbonyl (C=O) groups excluding carboxylic acids is 2. The minimum atomic E-state index is -0.359. The third-order valence-corrected chi connectivity index (χ3v) is 5.21. The lowest BCUT2D eigenvalue weighted by atomic mass is 10.1. The van der Waals surface area contributed by atoms with E-state index < -0.39 is 0 Å². The molecule has 0 spiro atoms. The van der Waals surface area contributed by atoms with Gasteiger partial charge in [0.05, 0.1) is 6.04 Å². The van der Waals surface area contributed by atoms with Gasteiger partial charge in [-0.25, -0.2) is 4.39 Å². The number of hydrogen-bond acceptors (Lipinski definition) is 6. The van der Waals surface area contributed by atoms with Gasteiger partial charge in [0.15, 0.2) is 12.4 Å². The van der Waals surface area contributed by atoms with Gasteiger partial charge in [-0.2, -0.15) is 4.98 Å². The molecule has 1 fully saturated rings. The molecule has 2 amide bonds. The number of halogens is 1. The van der Waals surface area contributed by atoms with Crippen molar-refractivity contribution >= 4 is 11.8 Å². The maximum Gasteiger partial charge on any atom is 0.260 e. The normalized spacial score (nSPS) is 16.0. The molecule has 8 nitrogen and oxygen atoms in total. The molecule has 31 heavy (non-hydrogen) atoms. The van der Waals surface area contributed by atoms with Gasteiger partial charge in [-0.3, -0.25) is 9.59 Å². The van der Waals surface area contributed by atoms with Gasteiger partial charge in [-0.15, -0.1) is 0 Å². The van der Waals surface area contributed by atoms with Crippen LogP contribution in [0.1, 0.15) is 38.9 Å². The first-order valence-corrected chi connectivity index (χ1v) is 10.6. The second-order valence-corrected chi connectivity index (χ2v) is 8.19. The minimum absolute atomic E-state index is 0.0484. The van der Waals surface area contributed by atoms with Crippen LogP contribution in [0.5, 0.6) is 5.75 Å². The Hall–Kier alpha value is -2.97. The fraction of sp³-hybridized carbons (Fsp3) is 0.545. The van der Waals surface area contributed by atoms with Crippen LogP contribution >= 0.6 is 0 Å². The maximum atomic E-state index is 13.0. The number of nitrogens with zero attached hydrogens (tertiary/aromatic N) is 4. The Kier molecular flexibility index (Phi) is 7.59. The van der Waals surface area contributed by atoms with Gasteiger partial charge in [0.2, 0.25) is 11.8 Å². The number of carbonyl (C=O) groups is 2. The van der Waals surface area contributed by atoms with Crippen molar-refractivity contribution in [2.75, 3.05) is 26.2 Å². The molecule has 2 heterocycles. The van der Waals surface area contributed by atoms with E-state index in [0.717, 1.165) is 6.42 Å². The number of benzene rings is 1. The lowest BCUT2D eigenvalue weighted by molar-refractivity contribution is -0.134. The van der Waals surface area contributed by atoms with Crippen molar-refractivity contribution in [2.24, 2.45) is 5.92 Å². The van der Waals surface area contributed by atoms with E-state index in [1.807, 2.05) is 0 Å². The van der Waals surface area contributed by atoms with Gasteiger partial charge in [-0.1, -0.05) is 19.0 Å². The molecule has 1 aliphatic rings. The Morgan fingerprint density at radius 2 is 2.06 bits per heavy atom. The van der Waals surface area contributed by atoms with Crippen LogP contribution in [0.15, 0.2) is 28.8 Å². The molecule has 3 rings (SSSR count). The third kappa shape index (κ3) is 6.50. The van der Waals surface area contributed by atoms with E-state index >= 15 is 0 Å². The van der Waals surface area contributed by atoms with Crippen LogP contribution in [0.4, 0.5) is 4.39 Å². The largest absolute Gasteiger partial charge is 0.484 e. The van der Waals surface area contributed by atoms with E-state index in [1.54, 1.807) is 9.80 Å². The summed E-state index contributed by atoms with van der Waals surface area (Å²) in [7, 11) is 0. The molecule has 9 heteroatoms. The first kappa shape index (κ1) is 22.7. The van der Waals surface area contributed by atoms with Crippen LogP contribution in [0.25, 0.3) is 0 Å². The summed E-state index contributed by atoms with van der Waals surface area (Å²) in [5.74, 6) is 1.49. The van der Waals surface area contributed by atoms with Crippen LogP contribution < -0.4 is 4.74 Å². The standard InChI is InChI=1S/C22H29FN4O4/c1-15(2)12-21-24-20(25-31-21)9-11-27(16(3)28)18-8-10-26(13-18)22(29)14-30-19-6-4-17(23)5-7-19/h4-7,15,18H,8-14H2,1-3H3. The highest BCUT2D eigenvalue weighted by Gasteiger charge is 2.32. The van der Waals surface area contributed by atoms with Crippen LogP contribution in [-0.4, -0.2) is 64.0 Å². The molecule has 0 saturated carbocycles. The first-order chi connectivity index (χ1) is 14.8. The SMILES string of the molecule is CC(=O)N(CCc1noc(CC(C)C)n1)C1CCN(C(=O)COc2ccc(F)cc2)C1. The van der Waals surface area contributed by atoms with Crippen LogP contribution in [0.2, 0.25) is 0 Å². The summed E-state index contributed by atoms with van der Waals surface area (Å²) in [6.07, 6.45) is 1.93. The molecular weight excluding hydrogens is 403 g/mol. The topological polar surface area (TPSA) is 88.8 Å². The lowest BCUT2D eigenvalue weighted by Crippen LogP contribution is -2.43. The number of hydrogen-bond donors (Lipinski definition) is 0. The van der Waals surface area contributed by atoms with Crippen LogP contribution in [0.3, 0.4) is 0 Å². The smallest absolute Gasteiger partial charge is 0.260 e. The first-order valence-electron chi connectivity index (χ1n) is 10.6. The van der Waals surface area contributed by atoms with Crippen LogP contribution in [-0.2, 0) is 22.4 Å². The zero-order valence-corrected chi connectivity index (χ0v) is 18.2. The molecule has 168 valence electrons. The summed E-state index contributed by atoms with van der Waals surface area (Å²) in [5, 5.41) is 4.00. The zero-order chi connectivity index (χ0) is 22.4. The number of amides is 2. The second-order valence-electron chi connectivity index (χ2n) is 8.19. The Balaban J connectivity index is 1.49. The molecule has 0 bridgehead atoms. The van der Waals surface area contributed by atoms with Gasteiger partial charge in [-0.05, 0) is 36.6 Å². The van der Waals surface area contributed by atoms with Crippen molar-refractivity contribution in [1.29, 1.82) is 0 Å². The van der Waals surface area contributed by atoms with Gasteiger partial charge in [0.25, 0.3) is 5.91 Å². The lowest BCUT2D eigenvalue weighted by Gasteiger charge is -2.27. The quantitative estimate of drug-likeness (QED) is 0.605. The molecule has 1 saturated heterocycles. The van der Waals surface area contributed by atoms with Crippen molar-refractivity contribution in [3.05, 3.63) is 41.8 Å². The molecule has 0 radical (unpaired) electrons. The molecule has 1 aromatic heterocycles. The van der Waals surface area contributed by atoms with Crippen LogP contribution in [0, 0.1) is 11.7 Å². The maximum absolute atomic E-state index is 13.0. The summed E-state index contributed by atoms with van der Waals surface area (Å²) in [6, 6.07) is 5.47. The average molecular weight is 432 g/mol. The Bertz CT molecular complexity index is 884. The van der Waals surface area contributed by atoms with E-state index in [-0.39, 0.29) is 30.3 Å². The summed E-state index contributed by atoms with van der Waals surface area (Å²) < 4.78 is 23.7. The van der Waals surface area contributed by atoms with E-state index in [0.29, 0.717) is 55.9 Å². The second kappa shape index (κ2) is 10.4. The zero-order valence-electron chi connectivity index (χ0n) is 18.2. The summed E-state index contributed by atoms with van der Waals surface area (Å²) in [6.45, 7) is 7.05. The van der Waals surface area contributed by atoms with E-state index in [9.17, 15) is 14.0 Å². The predicted octanol–water partition coefficient (Wildman–Crippen LogP) is 2.48. The van der Waals surface area contributed by atoms with E-state index in [2.05, 4.69) is 24.0 Å². The summed E-state index contributed by atoms with van der Waals surface area (Å²) in [5.41, 5.74) is 0. The highest BCUT2D eigenvalue weighted by molar-refractivity contribution is 5.78. The predicted molar refractivity (Wildman–Crippen MR) is 111 cm³/mol. The molecule has 0 aliphatic carbocycles. The molecule has 1 aliphatic heterocycles. The van der Waals surface area contributed by atoms with Crippen molar-refractivity contribution in [2.45, 2.75) is 46.1 Å². The Labute approximate surface area is 181 Å². The molecule has 1 aromatic carbocycles. The van der Waals surface area contributed by atoms with E-state index in [1.165, 1.54) is 31.2 Å². The fourth-order valence-corrected chi connectivity index (χ4v) is 3.63. The molecule has 1 atom stereocenters. The Morgan fingerprint density at radius 1 is 1.32 bits per heavy atom. The highest BCUT2D eigenvalue weighted by atomic mass is 19.1. The van der Waals surface area contributed by atoms with Crippen molar-refractivity contribution in [1.82, 2.24) is 19.9 Å². The molecular formula is C22H29FN4O4.